The van der Waals surface area contributed by atoms with Gasteiger partial charge in [0.1, 0.15) is 0 Å². The average molecular weight is 253 g/mol. The largest absolute Gasteiger partial charge is 0.337 e. The molecule has 17 heavy (non-hydrogen) atoms. The van der Waals surface area contributed by atoms with E-state index in [1.54, 1.807) is 18.0 Å². The van der Waals surface area contributed by atoms with E-state index in [-0.39, 0.29) is 11.2 Å². The number of rotatable bonds is 4. The number of likely N-dealkylation sites (tertiary alicyclic amines) is 1. The van der Waals surface area contributed by atoms with Gasteiger partial charge in [0.25, 0.3) is 0 Å². The summed E-state index contributed by atoms with van der Waals surface area (Å²) in [6, 6.07) is 2.24. The first-order valence-corrected chi connectivity index (χ1v) is 7.32. The van der Waals surface area contributed by atoms with Crippen LogP contribution < -0.4 is 0 Å². The molecule has 94 valence electrons. The number of amides is 1. The van der Waals surface area contributed by atoms with Crippen molar-refractivity contribution < 1.29 is 4.79 Å². The lowest BCUT2D eigenvalue weighted by molar-refractivity contribution is -0.131. The minimum Gasteiger partial charge on any atom is -0.337 e. The van der Waals surface area contributed by atoms with Gasteiger partial charge in [-0.2, -0.15) is 16.9 Å². The molecule has 0 spiro atoms. The molecule has 2 heterocycles. The van der Waals surface area contributed by atoms with E-state index in [1.165, 1.54) is 0 Å². The van der Waals surface area contributed by atoms with E-state index in [0.717, 1.165) is 25.9 Å². The summed E-state index contributed by atoms with van der Waals surface area (Å²) >= 11 is 1.62. The van der Waals surface area contributed by atoms with Gasteiger partial charge in [-0.1, -0.05) is 0 Å². The van der Waals surface area contributed by atoms with Gasteiger partial charge in [0.15, 0.2) is 0 Å². The Balaban J connectivity index is 1.99. The van der Waals surface area contributed by atoms with Crippen molar-refractivity contribution in [1.29, 1.82) is 0 Å². The predicted octanol–water partition coefficient (Wildman–Crippen LogP) is 1.63. The van der Waals surface area contributed by atoms with Crippen LogP contribution >= 0.6 is 11.8 Å². The fourth-order valence-corrected chi connectivity index (χ4v) is 2.61. The summed E-state index contributed by atoms with van der Waals surface area (Å²) in [5.41, 5.74) is 0. The summed E-state index contributed by atoms with van der Waals surface area (Å²) in [5.74, 6) is 0.271. The van der Waals surface area contributed by atoms with Crippen LogP contribution in [-0.4, -0.2) is 44.7 Å². The molecule has 0 aliphatic carbocycles. The summed E-state index contributed by atoms with van der Waals surface area (Å²) in [6.07, 6.45) is 7.93. The van der Waals surface area contributed by atoms with Crippen LogP contribution in [0.3, 0.4) is 0 Å². The maximum absolute atomic E-state index is 12.2. The molecule has 1 saturated heterocycles. The summed E-state index contributed by atoms with van der Waals surface area (Å²) in [5, 5.41) is 4.28. The van der Waals surface area contributed by atoms with Crippen molar-refractivity contribution in [2.24, 2.45) is 0 Å². The summed E-state index contributed by atoms with van der Waals surface area (Å²) in [7, 11) is 0. The first-order chi connectivity index (χ1) is 8.22. The molecule has 1 aromatic heterocycles. The van der Waals surface area contributed by atoms with Gasteiger partial charge < -0.3 is 4.90 Å². The Labute approximate surface area is 106 Å². The lowest BCUT2D eigenvalue weighted by Crippen LogP contribution is -2.42. The summed E-state index contributed by atoms with van der Waals surface area (Å²) in [4.78, 5) is 14.2. The Morgan fingerprint density at radius 1 is 1.65 bits per heavy atom. The SMILES string of the molecule is CS[C@@H](C)C(=O)N1CCC[C@@H]1Cn1cccn1. The van der Waals surface area contributed by atoms with Gasteiger partial charge in [-0.15, -0.1) is 0 Å². The average Bonchev–Trinajstić information content (AvgIpc) is 2.99. The number of hydrogen-bond acceptors (Lipinski definition) is 3. The Morgan fingerprint density at radius 3 is 3.12 bits per heavy atom. The second-order valence-electron chi connectivity index (χ2n) is 4.43. The molecule has 0 radical (unpaired) electrons. The predicted molar refractivity (Wildman–Crippen MR) is 69.9 cm³/mol. The van der Waals surface area contributed by atoms with Crippen LogP contribution in [0.4, 0.5) is 0 Å². The highest BCUT2D eigenvalue weighted by molar-refractivity contribution is 7.99. The smallest absolute Gasteiger partial charge is 0.235 e. The molecular weight excluding hydrogens is 234 g/mol. The highest BCUT2D eigenvalue weighted by Crippen LogP contribution is 2.22. The molecule has 0 N–H and O–H groups in total. The highest BCUT2D eigenvalue weighted by Gasteiger charge is 2.31. The monoisotopic (exact) mass is 253 g/mol. The van der Waals surface area contributed by atoms with Crippen molar-refractivity contribution >= 4 is 17.7 Å². The maximum Gasteiger partial charge on any atom is 0.235 e. The van der Waals surface area contributed by atoms with Crippen LogP contribution in [-0.2, 0) is 11.3 Å². The lowest BCUT2D eigenvalue weighted by atomic mass is 10.2. The summed E-state index contributed by atoms with van der Waals surface area (Å²) < 4.78 is 1.92. The third kappa shape index (κ3) is 2.83. The Hall–Kier alpha value is -0.970. The Kier molecular flexibility index (Phi) is 4.10. The second-order valence-corrected chi connectivity index (χ2v) is 5.61. The zero-order valence-electron chi connectivity index (χ0n) is 10.4. The molecule has 5 heteroatoms. The van der Waals surface area contributed by atoms with Gasteiger partial charge in [-0.3, -0.25) is 9.48 Å². The standard InChI is InChI=1S/C12H19N3OS/c1-10(17-2)12(16)15-8-3-5-11(15)9-14-7-4-6-13-14/h4,6-7,10-11H,3,5,8-9H2,1-2H3/t10-,11+/m0/s1. The van der Waals surface area contributed by atoms with Crippen LogP contribution in [0.5, 0.6) is 0 Å². The van der Waals surface area contributed by atoms with E-state index in [4.69, 9.17) is 0 Å². The van der Waals surface area contributed by atoms with Crippen molar-refractivity contribution in [3.05, 3.63) is 18.5 Å². The molecular formula is C12H19N3OS. The molecule has 0 saturated carbocycles. The number of aromatic nitrogens is 2. The normalized spacial score (nSPS) is 21.8. The molecule has 1 fully saturated rings. The van der Waals surface area contributed by atoms with E-state index in [1.807, 2.05) is 35.0 Å². The van der Waals surface area contributed by atoms with Crippen LogP contribution in [0.1, 0.15) is 19.8 Å². The van der Waals surface area contributed by atoms with E-state index in [2.05, 4.69) is 5.10 Å². The minimum absolute atomic E-state index is 0.0632. The van der Waals surface area contributed by atoms with Gasteiger partial charge >= 0.3 is 0 Å². The van der Waals surface area contributed by atoms with E-state index in [9.17, 15) is 4.79 Å². The fraction of sp³-hybridized carbons (Fsp3) is 0.667. The molecule has 0 aromatic carbocycles. The highest BCUT2D eigenvalue weighted by atomic mass is 32.2. The third-order valence-corrected chi connectivity index (χ3v) is 4.23. The van der Waals surface area contributed by atoms with Crippen molar-refractivity contribution in [2.75, 3.05) is 12.8 Å². The zero-order chi connectivity index (χ0) is 12.3. The Bertz CT molecular complexity index is 366. The minimum atomic E-state index is 0.0632. The molecule has 1 aliphatic heterocycles. The van der Waals surface area contributed by atoms with Crippen molar-refractivity contribution in [3.63, 3.8) is 0 Å². The molecule has 4 nitrogen and oxygen atoms in total. The molecule has 1 aromatic rings. The molecule has 0 bridgehead atoms. The number of carbonyl (C=O) groups excluding carboxylic acids is 1. The first kappa shape index (κ1) is 12.5. The van der Waals surface area contributed by atoms with Crippen LogP contribution in [0.25, 0.3) is 0 Å². The number of carbonyl (C=O) groups is 1. The van der Waals surface area contributed by atoms with Gasteiger partial charge in [0.2, 0.25) is 5.91 Å². The molecule has 0 unspecified atom stereocenters. The molecule has 2 rings (SSSR count). The van der Waals surface area contributed by atoms with E-state index >= 15 is 0 Å². The van der Waals surface area contributed by atoms with Gasteiger partial charge in [-0.05, 0) is 32.1 Å². The van der Waals surface area contributed by atoms with Crippen LogP contribution in [0.2, 0.25) is 0 Å². The molecule has 1 aliphatic rings. The van der Waals surface area contributed by atoms with Crippen LogP contribution in [0, 0.1) is 0 Å². The molecule has 2 atom stereocenters. The zero-order valence-corrected chi connectivity index (χ0v) is 11.2. The summed E-state index contributed by atoms with van der Waals surface area (Å²) in [6.45, 7) is 3.70. The third-order valence-electron chi connectivity index (χ3n) is 3.32. The maximum atomic E-state index is 12.2. The van der Waals surface area contributed by atoms with Gasteiger partial charge in [-0.25, -0.2) is 0 Å². The first-order valence-electron chi connectivity index (χ1n) is 6.03. The number of thioether (sulfide) groups is 1. The fourth-order valence-electron chi connectivity index (χ4n) is 2.27. The second kappa shape index (κ2) is 5.58. The van der Waals surface area contributed by atoms with Crippen molar-refractivity contribution in [2.45, 2.75) is 37.6 Å². The number of nitrogens with zero attached hydrogens (tertiary/aromatic N) is 3. The lowest BCUT2D eigenvalue weighted by Gasteiger charge is -2.26. The Morgan fingerprint density at radius 2 is 2.47 bits per heavy atom. The van der Waals surface area contributed by atoms with Gasteiger partial charge in [0.05, 0.1) is 17.8 Å². The van der Waals surface area contributed by atoms with E-state index < -0.39 is 0 Å². The topological polar surface area (TPSA) is 38.1 Å². The van der Waals surface area contributed by atoms with Gasteiger partial charge in [0, 0.05) is 18.9 Å². The molecule has 1 amide bonds. The van der Waals surface area contributed by atoms with Crippen LogP contribution in [0.15, 0.2) is 18.5 Å². The van der Waals surface area contributed by atoms with Crippen molar-refractivity contribution in [1.82, 2.24) is 14.7 Å². The van der Waals surface area contributed by atoms with E-state index in [0.29, 0.717) is 6.04 Å². The van der Waals surface area contributed by atoms with Crippen molar-refractivity contribution in [3.8, 4) is 0 Å². The number of hydrogen-bond donors (Lipinski definition) is 0. The quantitative estimate of drug-likeness (QED) is 0.818.